The van der Waals surface area contributed by atoms with Gasteiger partial charge in [0.25, 0.3) is 0 Å². The van der Waals surface area contributed by atoms with Gasteiger partial charge in [0.05, 0.1) is 19.3 Å². The Labute approximate surface area is 125 Å². The lowest BCUT2D eigenvalue weighted by atomic mass is 9.78. The van der Waals surface area contributed by atoms with Crippen LogP contribution in [0.15, 0.2) is 0 Å². The van der Waals surface area contributed by atoms with Gasteiger partial charge < -0.3 is 14.8 Å². The van der Waals surface area contributed by atoms with Crippen molar-refractivity contribution in [1.82, 2.24) is 5.32 Å². The average Bonchev–Trinajstić information content (AvgIpc) is 2.44. The average molecular weight is 285 g/mol. The molecule has 0 bridgehead atoms. The molecule has 1 rings (SSSR count). The summed E-state index contributed by atoms with van der Waals surface area (Å²) in [4.78, 5) is 0. The molecular weight excluding hydrogens is 250 g/mol. The summed E-state index contributed by atoms with van der Waals surface area (Å²) in [7, 11) is 0. The maximum Gasteiger partial charge on any atom is 0.0731 e. The molecule has 0 amide bonds. The van der Waals surface area contributed by atoms with Crippen LogP contribution in [0.4, 0.5) is 0 Å². The van der Waals surface area contributed by atoms with Gasteiger partial charge in [0.2, 0.25) is 0 Å². The monoisotopic (exact) mass is 285 g/mol. The fourth-order valence-corrected chi connectivity index (χ4v) is 3.05. The lowest BCUT2D eigenvalue weighted by Gasteiger charge is -2.38. The minimum absolute atomic E-state index is 0.367. The van der Waals surface area contributed by atoms with E-state index in [0.29, 0.717) is 12.1 Å². The molecule has 0 aromatic carbocycles. The van der Waals surface area contributed by atoms with Crippen molar-refractivity contribution in [2.75, 3.05) is 26.4 Å². The van der Waals surface area contributed by atoms with Crippen molar-refractivity contribution in [2.45, 2.75) is 71.9 Å². The molecule has 1 fully saturated rings. The topological polar surface area (TPSA) is 30.5 Å². The number of likely N-dealkylation sites (N-methyl/N-ethyl adjacent to an activating group) is 1. The first-order valence-corrected chi connectivity index (χ1v) is 8.61. The van der Waals surface area contributed by atoms with Crippen LogP contribution in [0.1, 0.15) is 59.8 Å². The molecule has 0 heterocycles. The summed E-state index contributed by atoms with van der Waals surface area (Å²) in [6, 6.07) is 0.533. The van der Waals surface area contributed by atoms with E-state index in [1.807, 2.05) is 0 Å². The van der Waals surface area contributed by atoms with Gasteiger partial charge in [-0.1, -0.05) is 34.1 Å². The highest BCUT2D eigenvalue weighted by atomic mass is 16.5. The van der Waals surface area contributed by atoms with E-state index < -0.39 is 0 Å². The Balaban J connectivity index is 2.28. The molecule has 0 radical (unpaired) electrons. The van der Waals surface area contributed by atoms with Gasteiger partial charge in [-0.15, -0.1) is 0 Å². The number of rotatable bonds is 10. The molecule has 3 nitrogen and oxygen atoms in total. The number of ether oxygens (including phenoxy) is 2. The lowest BCUT2D eigenvalue weighted by molar-refractivity contribution is -0.0405. The normalized spacial score (nSPS) is 27.1. The second-order valence-electron chi connectivity index (χ2n) is 6.36. The van der Waals surface area contributed by atoms with Gasteiger partial charge in [0, 0.05) is 12.6 Å². The molecule has 0 spiro atoms. The van der Waals surface area contributed by atoms with Gasteiger partial charge in [-0.05, 0) is 44.1 Å². The summed E-state index contributed by atoms with van der Waals surface area (Å²) in [6.45, 7) is 12.4. The molecule has 0 aromatic rings. The molecule has 0 saturated heterocycles. The lowest BCUT2D eigenvalue weighted by Crippen LogP contribution is -2.46. The molecule has 1 saturated carbocycles. The summed E-state index contributed by atoms with van der Waals surface area (Å²) < 4.78 is 11.7. The Morgan fingerprint density at radius 2 is 1.90 bits per heavy atom. The highest BCUT2D eigenvalue weighted by Crippen LogP contribution is 2.31. The smallest absolute Gasteiger partial charge is 0.0731 e. The molecule has 3 atom stereocenters. The minimum atomic E-state index is 0.367. The van der Waals surface area contributed by atoms with Crippen molar-refractivity contribution in [3.63, 3.8) is 0 Å². The number of hydrogen-bond donors (Lipinski definition) is 1. The molecule has 0 aromatic heterocycles. The molecule has 20 heavy (non-hydrogen) atoms. The fraction of sp³-hybridized carbons (Fsp3) is 1.00. The molecule has 1 N–H and O–H groups in total. The minimum Gasteiger partial charge on any atom is -0.379 e. The van der Waals surface area contributed by atoms with Crippen LogP contribution in [0.5, 0.6) is 0 Å². The van der Waals surface area contributed by atoms with Crippen molar-refractivity contribution in [2.24, 2.45) is 11.8 Å². The number of unbranched alkanes of at least 4 members (excludes halogenated alkanes) is 1. The second-order valence-corrected chi connectivity index (χ2v) is 6.36. The van der Waals surface area contributed by atoms with E-state index in [1.54, 1.807) is 0 Å². The Kier molecular flexibility index (Phi) is 9.49. The summed E-state index contributed by atoms with van der Waals surface area (Å²) in [5, 5.41) is 3.59. The van der Waals surface area contributed by atoms with E-state index in [2.05, 4.69) is 33.0 Å². The number of nitrogens with one attached hydrogen (secondary N) is 1. The highest BCUT2D eigenvalue weighted by Gasteiger charge is 2.31. The Morgan fingerprint density at radius 1 is 1.10 bits per heavy atom. The third kappa shape index (κ3) is 6.55. The van der Waals surface area contributed by atoms with Crippen LogP contribution in [0, 0.1) is 11.8 Å². The first kappa shape index (κ1) is 17.9. The fourth-order valence-electron chi connectivity index (χ4n) is 3.05. The van der Waals surface area contributed by atoms with Crippen molar-refractivity contribution < 1.29 is 9.47 Å². The molecular formula is C17H35NO2. The van der Waals surface area contributed by atoms with E-state index >= 15 is 0 Å². The zero-order chi connectivity index (χ0) is 14.8. The van der Waals surface area contributed by atoms with Gasteiger partial charge in [-0.3, -0.25) is 0 Å². The van der Waals surface area contributed by atoms with Crippen LogP contribution in [0.25, 0.3) is 0 Å². The van der Waals surface area contributed by atoms with Gasteiger partial charge in [-0.2, -0.15) is 0 Å². The van der Waals surface area contributed by atoms with E-state index in [4.69, 9.17) is 9.47 Å². The van der Waals surface area contributed by atoms with Crippen molar-refractivity contribution >= 4 is 0 Å². The maximum absolute atomic E-state index is 6.12. The van der Waals surface area contributed by atoms with Crippen LogP contribution >= 0.6 is 0 Å². The standard InChI is InChI=1S/C17H35NO2/c1-5-7-10-19-11-12-20-17-13-15(14(3)4)8-9-16(17)18-6-2/h14-18H,5-13H2,1-4H3. The first-order valence-electron chi connectivity index (χ1n) is 8.61. The summed E-state index contributed by atoms with van der Waals surface area (Å²) in [6.07, 6.45) is 6.50. The van der Waals surface area contributed by atoms with Crippen LogP contribution in [0.2, 0.25) is 0 Å². The van der Waals surface area contributed by atoms with Crippen molar-refractivity contribution in [3.05, 3.63) is 0 Å². The predicted octanol–water partition coefficient (Wildman–Crippen LogP) is 3.62. The third-order valence-corrected chi connectivity index (χ3v) is 4.44. The largest absolute Gasteiger partial charge is 0.379 e. The van der Waals surface area contributed by atoms with Crippen LogP contribution in [-0.2, 0) is 9.47 Å². The third-order valence-electron chi connectivity index (χ3n) is 4.44. The maximum atomic E-state index is 6.12. The summed E-state index contributed by atoms with van der Waals surface area (Å²) >= 11 is 0. The van der Waals surface area contributed by atoms with Gasteiger partial charge in [0.15, 0.2) is 0 Å². The van der Waals surface area contributed by atoms with E-state index in [1.165, 1.54) is 25.7 Å². The van der Waals surface area contributed by atoms with Crippen LogP contribution in [-0.4, -0.2) is 38.5 Å². The van der Waals surface area contributed by atoms with E-state index in [9.17, 15) is 0 Å². The Morgan fingerprint density at radius 3 is 2.55 bits per heavy atom. The molecule has 3 heteroatoms. The molecule has 1 aliphatic rings. The SMILES string of the molecule is CCCCOCCOC1CC(C(C)C)CCC1NCC. The Bertz CT molecular complexity index is 233. The Hall–Kier alpha value is -0.120. The zero-order valence-corrected chi connectivity index (χ0v) is 14.0. The molecule has 1 aliphatic carbocycles. The van der Waals surface area contributed by atoms with Gasteiger partial charge in [0.1, 0.15) is 0 Å². The predicted molar refractivity (Wildman–Crippen MR) is 85.1 cm³/mol. The van der Waals surface area contributed by atoms with Crippen molar-refractivity contribution in [1.29, 1.82) is 0 Å². The van der Waals surface area contributed by atoms with E-state index in [-0.39, 0.29) is 0 Å². The quantitative estimate of drug-likeness (QED) is 0.622. The van der Waals surface area contributed by atoms with Crippen LogP contribution < -0.4 is 5.32 Å². The summed E-state index contributed by atoms with van der Waals surface area (Å²) in [5.74, 6) is 1.58. The van der Waals surface area contributed by atoms with E-state index in [0.717, 1.165) is 44.6 Å². The first-order chi connectivity index (χ1) is 9.69. The van der Waals surface area contributed by atoms with Crippen LogP contribution in [0.3, 0.4) is 0 Å². The molecule has 0 aliphatic heterocycles. The van der Waals surface area contributed by atoms with Gasteiger partial charge in [-0.25, -0.2) is 0 Å². The molecule has 3 unspecified atom stereocenters. The van der Waals surface area contributed by atoms with Crippen molar-refractivity contribution in [3.8, 4) is 0 Å². The number of hydrogen-bond acceptors (Lipinski definition) is 3. The highest BCUT2D eigenvalue weighted by molar-refractivity contribution is 4.86. The molecule has 120 valence electrons. The summed E-state index contributed by atoms with van der Waals surface area (Å²) in [5.41, 5.74) is 0. The second kappa shape index (κ2) is 10.6. The van der Waals surface area contributed by atoms with Gasteiger partial charge >= 0.3 is 0 Å². The zero-order valence-electron chi connectivity index (χ0n) is 14.0.